The quantitative estimate of drug-likeness (QED) is 0.756. The van der Waals surface area contributed by atoms with E-state index in [2.05, 4.69) is 10.6 Å². The summed E-state index contributed by atoms with van der Waals surface area (Å²) in [6.45, 7) is 7.04. The van der Waals surface area contributed by atoms with Gasteiger partial charge in [0.25, 0.3) is 11.8 Å². The van der Waals surface area contributed by atoms with E-state index in [1.165, 1.54) is 24.3 Å². The standard InChI is InChI=1S/C18H24N2O4/c1-11(2)15(21)9-19-17(23)13-5-7-14(8-6-13)18(24)20-10-16(22)12(3)4/h5-8,11-12H,9-10H2,1-4H3,(H,19,23)(H,20,24). The van der Waals surface area contributed by atoms with Crippen LogP contribution in [0.4, 0.5) is 0 Å². The summed E-state index contributed by atoms with van der Waals surface area (Å²) in [5.41, 5.74) is 0.725. The van der Waals surface area contributed by atoms with Gasteiger partial charge in [-0.05, 0) is 24.3 Å². The summed E-state index contributed by atoms with van der Waals surface area (Å²) in [6, 6.07) is 6.03. The molecule has 0 bridgehead atoms. The van der Waals surface area contributed by atoms with E-state index >= 15 is 0 Å². The van der Waals surface area contributed by atoms with Crippen LogP contribution in [0.1, 0.15) is 48.4 Å². The summed E-state index contributed by atoms with van der Waals surface area (Å²) in [5, 5.41) is 5.10. The maximum atomic E-state index is 11.9. The lowest BCUT2D eigenvalue weighted by atomic mass is 10.1. The highest BCUT2D eigenvalue weighted by Crippen LogP contribution is 2.05. The van der Waals surface area contributed by atoms with Crippen molar-refractivity contribution in [2.45, 2.75) is 27.7 Å². The van der Waals surface area contributed by atoms with Crippen molar-refractivity contribution in [1.29, 1.82) is 0 Å². The van der Waals surface area contributed by atoms with Gasteiger partial charge in [0.1, 0.15) is 0 Å². The second-order valence-corrected chi connectivity index (χ2v) is 6.18. The van der Waals surface area contributed by atoms with Crippen molar-refractivity contribution in [2.75, 3.05) is 13.1 Å². The fourth-order valence-corrected chi connectivity index (χ4v) is 1.72. The summed E-state index contributed by atoms with van der Waals surface area (Å²) >= 11 is 0. The fraction of sp³-hybridized carbons (Fsp3) is 0.444. The molecule has 0 aliphatic heterocycles. The Hall–Kier alpha value is -2.50. The van der Waals surface area contributed by atoms with Gasteiger partial charge in [0.05, 0.1) is 13.1 Å². The molecule has 1 aromatic rings. The average Bonchev–Trinajstić information content (AvgIpc) is 2.56. The first-order chi connectivity index (χ1) is 11.2. The normalized spacial score (nSPS) is 10.6. The second kappa shape index (κ2) is 8.96. The van der Waals surface area contributed by atoms with Crippen LogP contribution in [0.25, 0.3) is 0 Å². The Morgan fingerprint density at radius 1 is 0.708 bits per heavy atom. The molecule has 0 spiro atoms. The van der Waals surface area contributed by atoms with E-state index in [1.807, 2.05) is 0 Å². The van der Waals surface area contributed by atoms with Crippen LogP contribution in [0.2, 0.25) is 0 Å². The number of Topliss-reactive ketones (excluding diaryl/α,β-unsaturated/α-hetero) is 2. The molecular weight excluding hydrogens is 308 g/mol. The van der Waals surface area contributed by atoms with Crippen LogP contribution < -0.4 is 10.6 Å². The maximum Gasteiger partial charge on any atom is 0.251 e. The molecule has 6 nitrogen and oxygen atoms in total. The first kappa shape index (κ1) is 19.5. The molecule has 0 saturated heterocycles. The minimum Gasteiger partial charge on any atom is -0.345 e. The van der Waals surface area contributed by atoms with Gasteiger partial charge in [0, 0.05) is 23.0 Å². The predicted molar refractivity (Wildman–Crippen MR) is 90.8 cm³/mol. The van der Waals surface area contributed by atoms with Gasteiger partial charge in [0.15, 0.2) is 11.6 Å². The van der Waals surface area contributed by atoms with Gasteiger partial charge < -0.3 is 10.6 Å². The van der Waals surface area contributed by atoms with Gasteiger partial charge in [-0.1, -0.05) is 27.7 Å². The molecule has 6 heteroatoms. The largest absolute Gasteiger partial charge is 0.345 e. The van der Waals surface area contributed by atoms with Crippen molar-refractivity contribution < 1.29 is 19.2 Å². The molecule has 0 heterocycles. The number of nitrogens with one attached hydrogen (secondary N) is 2. The average molecular weight is 332 g/mol. The smallest absolute Gasteiger partial charge is 0.251 e. The molecule has 0 fully saturated rings. The molecule has 0 aliphatic rings. The number of carbonyl (C=O) groups is 4. The molecule has 0 atom stereocenters. The van der Waals surface area contributed by atoms with Crippen LogP contribution in [0.15, 0.2) is 24.3 Å². The van der Waals surface area contributed by atoms with Gasteiger partial charge in [-0.3, -0.25) is 19.2 Å². The number of amides is 2. The first-order valence-electron chi connectivity index (χ1n) is 7.94. The van der Waals surface area contributed by atoms with Crippen molar-refractivity contribution >= 4 is 23.4 Å². The topological polar surface area (TPSA) is 92.3 Å². The Morgan fingerprint density at radius 2 is 1.00 bits per heavy atom. The van der Waals surface area contributed by atoms with Gasteiger partial charge in [0.2, 0.25) is 0 Å². The van der Waals surface area contributed by atoms with Crippen LogP contribution in [0.3, 0.4) is 0 Å². The van der Waals surface area contributed by atoms with Crippen molar-refractivity contribution in [3.63, 3.8) is 0 Å². The van der Waals surface area contributed by atoms with Crippen LogP contribution in [-0.2, 0) is 9.59 Å². The third-order valence-corrected chi connectivity index (χ3v) is 3.54. The summed E-state index contributed by atoms with van der Waals surface area (Å²) in [7, 11) is 0. The number of rotatable bonds is 8. The lowest BCUT2D eigenvalue weighted by Gasteiger charge is -2.08. The van der Waals surface area contributed by atoms with Crippen molar-refractivity contribution in [2.24, 2.45) is 11.8 Å². The van der Waals surface area contributed by atoms with E-state index in [0.717, 1.165) is 0 Å². The molecule has 0 saturated carbocycles. The molecule has 2 amide bonds. The number of benzene rings is 1. The minimum absolute atomic E-state index is 0.0178. The molecule has 130 valence electrons. The van der Waals surface area contributed by atoms with Gasteiger partial charge >= 0.3 is 0 Å². The van der Waals surface area contributed by atoms with Crippen LogP contribution in [0.5, 0.6) is 0 Å². The van der Waals surface area contributed by atoms with Crippen LogP contribution in [-0.4, -0.2) is 36.5 Å². The lowest BCUT2D eigenvalue weighted by Crippen LogP contribution is -2.32. The zero-order valence-corrected chi connectivity index (χ0v) is 14.5. The van der Waals surface area contributed by atoms with E-state index in [1.54, 1.807) is 27.7 Å². The molecule has 0 aromatic heterocycles. The Labute approximate surface area is 142 Å². The van der Waals surface area contributed by atoms with Gasteiger partial charge in [-0.15, -0.1) is 0 Å². The molecular formula is C18H24N2O4. The predicted octanol–water partition coefficient (Wildman–Crippen LogP) is 1.60. The van der Waals surface area contributed by atoms with Gasteiger partial charge in [-0.25, -0.2) is 0 Å². The number of hydrogen-bond acceptors (Lipinski definition) is 4. The van der Waals surface area contributed by atoms with E-state index in [4.69, 9.17) is 0 Å². The molecule has 0 unspecified atom stereocenters. The highest BCUT2D eigenvalue weighted by Gasteiger charge is 2.13. The molecule has 0 radical (unpaired) electrons. The van der Waals surface area contributed by atoms with Crippen molar-refractivity contribution in [1.82, 2.24) is 10.6 Å². The molecule has 1 rings (SSSR count). The Kier molecular flexibility index (Phi) is 7.30. The minimum atomic E-state index is -0.369. The molecule has 2 N–H and O–H groups in total. The SMILES string of the molecule is CC(C)C(=O)CNC(=O)c1ccc(C(=O)NCC(=O)C(C)C)cc1. The lowest BCUT2D eigenvalue weighted by molar-refractivity contribution is -0.121. The number of hydrogen-bond donors (Lipinski definition) is 2. The second-order valence-electron chi connectivity index (χ2n) is 6.18. The third kappa shape index (κ3) is 5.95. The zero-order valence-electron chi connectivity index (χ0n) is 14.5. The van der Waals surface area contributed by atoms with E-state index in [-0.39, 0.29) is 48.3 Å². The summed E-state index contributed by atoms with van der Waals surface area (Å²) in [6.07, 6.45) is 0. The van der Waals surface area contributed by atoms with Crippen LogP contribution in [0, 0.1) is 11.8 Å². The highest BCUT2D eigenvalue weighted by atomic mass is 16.2. The summed E-state index contributed by atoms with van der Waals surface area (Å²) < 4.78 is 0. The Morgan fingerprint density at radius 3 is 1.25 bits per heavy atom. The Balaban J connectivity index is 2.58. The highest BCUT2D eigenvalue weighted by molar-refractivity contribution is 6.00. The zero-order chi connectivity index (χ0) is 18.3. The number of ketones is 2. The number of carbonyl (C=O) groups excluding carboxylic acids is 4. The van der Waals surface area contributed by atoms with E-state index < -0.39 is 0 Å². The Bertz CT molecular complexity index is 563. The fourth-order valence-electron chi connectivity index (χ4n) is 1.72. The van der Waals surface area contributed by atoms with E-state index in [0.29, 0.717) is 11.1 Å². The molecule has 0 aliphatic carbocycles. The first-order valence-corrected chi connectivity index (χ1v) is 7.94. The van der Waals surface area contributed by atoms with Crippen molar-refractivity contribution in [3.8, 4) is 0 Å². The summed E-state index contributed by atoms with van der Waals surface area (Å²) in [4.78, 5) is 46.9. The van der Waals surface area contributed by atoms with Gasteiger partial charge in [-0.2, -0.15) is 0 Å². The molecule has 1 aromatic carbocycles. The maximum absolute atomic E-state index is 11.9. The van der Waals surface area contributed by atoms with Crippen molar-refractivity contribution in [3.05, 3.63) is 35.4 Å². The molecule has 24 heavy (non-hydrogen) atoms. The summed E-state index contributed by atoms with van der Waals surface area (Å²) in [5.74, 6) is -1.10. The third-order valence-electron chi connectivity index (χ3n) is 3.54. The van der Waals surface area contributed by atoms with Crippen LogP contribution >= 0.6 is 0 Å². The monoisotopic (exact) mass is 332 g/mol. The van der Waals surface area contributed by atoms with E-state index in [9.17, 15) is 19.2 Å².